The number of rotatable bonds is 6. The van der Waals surface area contributed by atoms with Crippen LogP contribution in [0, 0.1) is 11.8 Å². The summed E-state index contributed by atoms with van der Waals surface area (Å²) in [5, 5.41) is 8.70. The second kappa shape index (κ2) is 8.13. The van der Waals surface area contributed by atoms with Crippen molar-refractivity contribution >= 4 is 0 Å². The SMILES string of the molecule is CCCc1nccn1CCOc1cccc(C#CCO)c1. The lowest BCUT2D eigenvalue weighted by Crippen LogP contribution is -2.10. The van der Waals surface area contributed by atoms with Crippen LogP contribution in [-0.4, -0.2) is 27.9 Å². The summed E-state index contributed by atoms with van der Waals surface area (Å²) in [4.78, 5) is 4.34. The molecule has 1 aromatic carbocycles. The Balaban J connectivity index is 1.89. The Bertz CT molecular complexity index is 623. The first-order valence-corrected chi connectivity index (χ1v) is 7.16. The minimum atomic E-state index is -0.133. The van der Waals surface area contributed by atoms with E-state index in [-0.39, 0.29) is 6.61 Å². The van der Waals surface area contributed by atoms with Crippen molar-refractivity contribution in [3.63, 3.8) is 0 Å². The molecule has 0 amide bonds. The number of imidazole rings is 1. The third kappa shape index (κ3) is 4.66. The summed E-state index contributed by atoms with van der Waals surface area (Å²) in [7, 11) is 0. The molecule has 4 nitrogen and oxygen atoms in total. The van der Waals surface area contributed by atoms with Gasteiger partial charge in [0.25, 0.3) is 0 Å². The van der Waals surface area contributed by atoms with Crippen molar-refractivity contribution in [2.24, 2.45) is 0 Å². The molecule has 4 heteroatoms. The zero-order valence-corrected chi connectivity index (χ0v) is 12.2. The van der Waals surface area contributed by atoms with Crippen LogP contribution in [0.3, 0.4) is 0 Å². The van der Waals surface area contributed by atoms with Gasteiger partial charge in [-0.05, 0) is 24.6 Å². The van der Waals surface area contributed by atoms with E-state index in [1.54, 1.807) is 0 Å². The molecule has 0 unspecified atom stereocenters. The highest BCUT2D eigenvalue weighted by molar-refractivity contribution is 5.39. The van der Waals surface area contributed by atoms with Gasteiger partial charge in [-0.15, -0.1) is 0 Å². The number of benzene rings is 1. The van der Waals surface area contributed by atoms with Gasteiger partial charge in [0.15, 0.2) is 0 Å². The summed E-state index contributed by atoms with van der Waals surface area (Å²) in [6.07, 6.45) is 5.89. The van der Waals surface area contributed by atoms with Crippen LogP contribution in [0.15, 0.2) is 36.7 Å². The van der Waals surface area contributed by atoms with Gasteiger partial charge in [0.2, 0.25) is 0 Å². The van der Waals surface area contributed by atoms with Crippen LogP contribution in [0.1, 0.15) is 24.7 Å². The molecule has 1 aromatic heterocycles. The lowest BCUT2D eigenvalue weighted by molar-refractivity contribution is 0.296. The lowest BCUT2D eigenvalue weighted by Gasteiger charge is -2.09. The standard InChI is InChI=1S/C17H20N2O2/c1-2-5-17-18-9-10-19(17)11-13-21-16-8-3-6-15(14-16)7-4-12-20/h3,6,8-10,14,20H,2,5,11-13H2,1H3. The van der Waals surface area contributed by atoms with Crippen molar-refractivity contribution in [3.8, 4) is 17.6 Å². The van der Waals surface area contributed by atoms with E-state index in [9.17, 15) is 0 Å². The lowest BCUT2D eigenvalue weighted by atomic mass is 10.2. The Morgan fingerprint density at radius 2 is 2.29 bits per heavy atom. The number of aliphatic hydroxyl groups excluding tert-OH is 1. The monoisotopic (exact) mass is 284 g/mol. The highest BCUT2D eigenvalue weighted by atomic mass is 16.5. The molecule has 0 fully saturated rings. The highest BCUT2D eigenvalue weighted by Gasteiger charge is 2.02. The fourth-order valence-corrected chi connectivity index (χ4v) is 2.06. The predicted molar refractivity (Wildman–Crippen MR) is 82.1 cm³/mol. The number of aryl methyl sites for hydroxylation is 1. The number of hydrogen-bond donors (Lipinski definition) is 1. The summed E-state index contributed by atoms with van der Waals surface area (Å²) in [6.45, 7) is 3.38. The van der Waals surface area contributed by atoms with Crippen LogP contribution in [-0.2, 0) is 13.0 Å². The average molecular weight is 284 g/mol. The van der Waals surface area contributed by atoms with E-state index >= 15 is 0 Å². The molecule has 0 aliphatic carbocycles. The molecular weight excluding hydrogens is 264 g/mol. The van der Waals surface area contributed by atoms with E-state index in [1.807, 2.05) is 36.7 Å². The van der Waals surface area contributed by atoms with E-state index in [4.69, 9.17) is 9.84 Å². The van der Waals surface area contributed by atoms with Gasteiger partial charge in [0.05, 0.1) is 6.54 Å². The number of nitrogens with zero attached hydrogens (tertiary/aromatic N) is 2. The maximum Gasteiger partial charge on any atom is 0.120 e. The Morgan fingerprint density at radius 3 is 3.10 bits per heavy atom. The van der Waals surface area contributed by atoms with Gasteiger partial charge in [-0.2, -0.15) is 0 Å². The molecule has 1 N–H and O–H groups in total. The quantitative estimate of drug-likeness (QED) is 0.828. The molecular formula is C17H20N2O2. The van der Waals surface area contributed by atoms with Crippen LogP contribution in [0.2, 0.25) is 0 Å². The van der Waals surface area contributed by atoms with Gasteiger partial charge in [0.1, 0.15) is 24.8 Å². The minimum Gasteiger partial charge on any atom is -0.492 e. The summed E-state index contributed by atoms with van der Waals surface area (Å²) in [6, 6.07) is 7.58. The van der Waals surface area contributed by atoms with Gasteiger partial charge in [-0.3, -0.25) is 0 Å². The summed E-state index contributed by atoms with van der Waals surface area (Å²) < 4.78 is 7.88. The molecule has 110 valence electrons. The molecule has 0 spiro atoms. The fourth-order valence-electron chi connectivity index (χ4n) is 2.06. The maximum absolute atomic E-state index is 8.70. The molecule has 0 saturated carbocycles. The minimum absolute atomic E-state index is 0.133. The predicted octanol–water partition coefficient (Wildman–Crippen LogP) is 2.26. The van der Waals surface area contributed by atoms with Crippen LogP contribution in [0.25, 0.3) is 0 Å². The summed E-state index contributed by atoms with van der Waals surface area (Å²) in [5.41, 5.74) is 0.843. The van der Waals surface area contributed by atoms with Gasteiger partial charge in [-0.1, -0.05) is 24.8 Å². The largest absolute Gasteiger partial charge is 0.492 e. The molecule has 2 rings (SSSR count). The van der Waals surface area contributed by atoms with E-state index in [0.29, 0.717) is 6.61 Å². The van der Waals surface area contributed by atoms with Crippen LogP contribution >= 0.6 is 0 Å². The highest BCUT2D eigenvalue weighted by Crippen LogP contribution is 2.12. The summed E-state index contributed by atoms with van der Waals surface area (Å²) >= 11 is 0. The normalized spacial score (nSPS) is 10.0. The second-order valence-corrected chi connectivity index (χ2v) is 4.62. The third-order valence-corrected chi connectivity index (χ3v) is 3.02. The third-order valence-electron chi connectivity index (χ3n) is 3.02. The molecule has 0 aliphatic rings. The first-order valence-electron chi connectivity index (χ1n) is 7.16. The molecule has 0 aliphatic heterocycles. The van der Waals surface area contributed by atoms with E-state index in [1.165, 1.54) is 0 Å². The van der Waals surface area contributed by atoms with Gasteiger partial charge < -0.3 is 14.4 Å². The smallest absolute Gasteiger partial charge is 0.120 e. The molecule has 0 bridgehead atoms. The number of hydrogen-bond acceptors (Lipinski definition) is 3. The Hall–Kier alpha value is -2.25. The van der Waals surface area contributed by atoms with Crippen molar-refractivity contribution in [1.29, 1.82) is 0 Å². The molecule has 2 aromatic rings. The second-order valence-electron chi connectivity index (χ2n) is 4.62. The fraction of sp³-hybridized carbons (Fsp3) is 0.353. The van der Waals surface area contributed by atoms with Crippen molar-refractivity contribution < 1.29 is 9.84 Å². The number of ether oxygens (including phenoxy) is 1. The zero-order chi connectivity index (χ0) is 14.9. The summed E-state index contributed by atoms with van der Waals surface area (Å²) in [5.74, 6) is 7.39. The molecule has 0 saturated heterocycles. The van der Waals surface area contributed by atoms with E-state index in [0.717, 1.165) is 36.5 Å². The van der Waals surface area contributed by atoms with Crippen LogP contribution < -0.4 is 4.74 Å². The number of aromatic nitrogens is 2. The first-order chi connectivity index (χ1) is 10.3. The van der Waals surface area contributed by atoms with Crippen LogP contribution in [0.4, 0.5) is 0 Å². The maximum atomic E-state index is 8.70. The van der Waals surface area contributed by atoms with Gasteiger partial charge in [-0.25, -0.2) is 4.98 Å². The molecule has 1 heterocycles. The van der Waals surface area contributed by atoms with E-state index in [2.05, 4.69) is 28.3 Å². The van der Waals surface area contributed by atoms with Crippen molar-refractivity contribution in [3.05, 3.63) is 48.0 Å². The Morgan fingerprint density at radius 1 is 1.38 bits per heavy atom. The topological polar surface area (TPSA) is 47.3 Å². The van der Waals surface area contributed by atoms with Crippen molar-refractivity contribution in [2.45, 2.75) is 26.3 Å². The number of aliphatic hydroxyl groups is 1. The molecule has 0 atom stereocenters. The molecule has 0 radical (unpaired) electrons. The van der Waals surface area contributed by atoms with Gasteiger partial charge >= 0.3 is 0 Å². The van der Waals surface area contributed by atoms with Crippen molar-refractivity contribution in [1.82, 2.24) is 9.55 Å². The Kier molecular flexibility index (Phi) is 5.86. The molecule has 21 heavy (non-hydrogen) atoms. The zero-order valence-electron chi connectivity index (χ0n) is 12.2. The van der Waals surface area contributed by atoms with Crippen molar-refractivity contribution in [2.75, 3.05) is 13.2 Å². The average Bonchev–Trinajstić information content (AvgIpc) is 2.93. The van der Waals surface area contributed by atoms with Crippen LogP contribution in [0.5, 0.6) is 5.75 Å². The van der Waals surface area contributed by atoms with E-state index < -0.39 is 0 Å². The first kappa shape index (κ1) is 15.1. The van der Waals surface area contributed by atoms with Gasteiger partial charge in [0, 0.05) is 24.4 Å². The Labute approximate surface area is 125 Å².